The van der Waals surface area contributed by atoms with Crippen LogP contribution in [0.3, 0.4) is 0 Å². The van der Waals surface area contributed by atoms with Crippen molar-refractivity contribution in [2.45, 2.75) is 6.10 Å². The number of halogens is 1. The van der Waals surface area contributed by atoms with E-state index in [0.717, 1.165) is 0 Å². The third kappa shape index (κ3) is 5.88. The van der Waals surface area contributed by atoms with Crippen molar-refractivity contribution >= 4 is 18.7 Å². The summed E-state index contributed by atoms with van der Waals surface area (Å²) < 4.78 is 0. The summed E-state index contributed by atoms with van der Waals surface area (Å²) in [6.07, 6.45) is -0.565. The number of nitrogens with two attached hydrogens (primary N) is 1. The van der Waals surface area contributed by atoms with Crippen LogP contribution < -0.4 is 5.73 Å². The Morgan fingerprint density at radius 2 is 2.29 bits per heavy atom. The third-order valence-electron chi connectivity index (χ3n) is 0.399. The predicted molar refractivity (Wildman–Crippen MR) is 28.4 cm³/mol. The summed E-state index contributed by atoms with van der Waals surface area (Å²) in [5.74, 6) is 0. The number of aliphatic hydroxyl groups is 1. The first-order chi connectivity index (χ1) is 2.81. The summed E-state index contributed by atoms with van der Waals surface area (Å²) in [5, 5.41) is 8.17. The third-order valence-corrected chi connectivity index (χ3v) is 0.399. The van der Waals surface area contributed by atoms with Crippen molar-refractivity contribution in [2.75, 3.05) is 6.54 Å². The lowest BCUT2D eigenvalue weighted by Gasteiger charge is -1.90. The van der Waals surface area contributed by atoms with Gasteiger partial charge in [0, 0.05) is 6.54 Å². The van der Waals surface area contributed by atoms with Gasteiger partial charge < -0.3 is 15.6 Å². The van der Waals surface area contributed by atoms with Crippen LogP contribution in [0.2, 0.25) is 0 Å². The molecule has 0 saturated heterocycles. The van der Waals surface area contributed by atoms with E-state index in [-0.39, 0.29) is 19.0 Å². The number of aliphatic hydroxyl groups excluding tert-OH is 1. The molecule has 0 rings (SSSR count). The van der Waals surface area contributed by atoms with Gasteiger partial charge >= 0.3 is 0 Å². The van der Waals surface area contributed by atoms with Crippen molar-refractivity contribution in [2.24, 2.45) is 5.73 Å². The second kappa shape index (κ2) is 5.88. The molecule has 0 aromatic rings. The fourth-order valence-corrected chi connectivity index (χ4v) is 0.0556. The molecule has 0 bridgehead atoms. The standard InChI is InChI=1S/C3H7NO2.ClH/c4-1-3(6)2-5;/h2-3,6H,1,4H2;1H. The summed E-state index contributed by atoms with van der Waals surface area (Å²) in [4.78, 5) is 9.41. The maximum absolute atomic E-state index is 9.41. The van der Waals surface area contributed by atoms with Crippen LogP contribution in [0.25, 0.3) is 0 Å². The van der Waals surface area contributed by atoms with E-state index in [2.05, 4.69) is 0 Å². The van der Waals surface area contributed by atoms with Gasteiger partial charge in [0.15, 0.2) is 0 Å². The van der Waals surface area contributed by atoms with Crippen LogP contribution in [0.15, 0.2) is 0 Å². The first-order valence-corrected chi connectivity index (χ1v) is 1.64. The molecule has 0 heterocycles. The lowest BCUT2D eigenvalue weighted by molar-refractivity contribution is -0.114. The van der Waals surface area contributed by atoms with Gasteiger partial charge in [0.1, 0.15) is 12.4 Å². The molecule has 0 aromatic heterocycles. The molecule has 0 aromatic carbocycles. The molecule has 1 atom stereocenters. The number of hydrogen-bond acceptors (Lipinski definition) is 3. The first-order valence-electron chi connectivity index (χ1n) is 1.64. The lowest BCUT2D eigenvalue weighted by atomic mass is 10.4. The molecule has 0 spiro atoms. The fourth-order valence-electron chi connectivity index (χ4n) is 0.0556. The van der Waals surface area contributed by atoms with E-state index in [9.17, 15) is 4.79 Å². The normalized spacial score (nSPS) is 11.7. The van der Waals surface area contributed by atoms with E-state index in [1.807, 2.05) is 0 Å². The average molecular weight is 126 g/mol. The average Bonchev–Trinajstić information content (AvgIpc) is 1.65. The van der Waals surface area contributed by atoms with Gasteiger partial charge in [-0.15, -0.1) is 12.4 Å². The molecule has 0 aliphatic heterocycles. The minimum absolute atomic E-state index is 0. The molecule has 44 valence electrons. The Kier molecular flexibility index (Phi) is 8.39. The molecular formula is C3H8ClNO2. The Bertz CT molecular complexity index is 50.2. The highest BCUT2D eigenvalue weighted by molar-refractivity contribution is 5.85. The van der Waals surface area contributed by atoms with Crippen LogP contribution in [-0.4, -0.2) is 24.0 Å². The van der Waals surface area contributed by atoms with Crippen LogP contribution in [0.1, 0.15) is 0 Å². The van der Waals surface area contributed by atoms with Crippen molar-refractivity contribution in [3.63, 3.8) is 0 Å². The van der Waals surface area contributed by atoms with Crippen molar-refractivity contribution in [1.82, 2.24) is 0 Å². The molecule has 0 fully saturated rings. The highest BCUT2D eigenvalue weighted by Gasteiger charge is 1.91. The van der Waals surface area contributed by atoms with Gasteiger partial charge in [0.2, 0.25) is 0 Å². The molecule has 3 nitrogen and oxygen atoms in total. The number of aldehydes is 1. The van der Waals surface area contributed by atoms with Crippen molar-refractivity contribution in [3.05, 3.63) is 0 Å². The summed E-state index contributed by atoms with van der Waals surface area (Å²) >= 11 is 0. The maximum atomic E-state index is 9.41. The summed E-state index contributed by atoms with van der Waals surface area (Å²) in [6, 6.07) is 0. The fraction of sp³-hybridized carbons (Fsp3) is 0.667. The number of rotatable bonds is 2. The molecule has 0 saturated carbocycles. The van der Waals surface area contributed by atoms with Crippen LogP contribution >= 0.6 is 12.4 Å². The Balaban J connectivity index is 0. The van der Waals surface area contributed by atoms with E-state index in [1.165, 1.54) is 0 Å². The topological polar surface area (TPSA) is 63.3 Å². The molecular weight excluding hydrogens is 117 g/mol. The Morgan fingerprint density at radius 3 is 2.29 bits per heavy atom. The molecule has 0 radical (unpaired) electrons. The van der Waals surface area contributed by atoms with Crippen LogP contribution in [0, 0.1) is 0 Å². The molecule has 0 amide bonds. The minimum atomic E-state index is -0.968. The second-order valence-electron chi connectivity index (χ2n) is 0.939. The largest absolute Gasteiger partial charge is 0.384 e. The van der Waals surface area contributed by atoms with E-state index in [0.29, 0.717) is 6.29 Å². The maximum Gasteiger partial charge on any atom is 0.149 e. The van der Waals surface area contributed by atoms with Crippen LogP contribution in [-0.2, 0) is 4.79 Å². The van der Waals surface area contributed by atoms with Gasteiger partial charge in [-0.3, -0.25) is 0 Å². The zero-order chi connectivity index (χ0) is 4.99. The number of hydrogen-bond donors (Lipinski definition) is 2. The molecule has 4 heteroatoms. The Labute approximate surface area is 47.9 Å². The first kappa shape index (κ1) is 9.99. The van der Waals surface area contributed by atoms with Gasteiger partial charge in [0.05, 0.1) is 0 Å². The number of carbonyl (C=O) groups is 1. The number of carbonyl (C=O) groups excluding carboxylic acids is 1. The van der Waals surface area contributed by atoms with Gasteiger partial charge in [-0.25, -0.2) is 0 Å². The zero-order valence-electron chi connectivity index (χ0n) is 3.70. The van der Waals surface area contributed by atoms with Gasteiger partial charge in [-0.05, 0) is 0 Å². The Hall–Kier alpha value is -0.120. The van der Waals surface area contributed by atoms with Crippen LogP contribution in [0.5, 0.6) is 0 Å². The molecule has 3 N–H and O–H groups in total. The molecule has 0 aliphatic carbocycles. The van der Waals surface area contributed by atoms with Gasteiger partial charge in [-0.2, -0.15) is 0 Å². The van der Waals surface area contributed by atoms with Crippen molar-refractivity contribution < 1.29 is 9.90 Å². The monoisotopic (exact) mass is 125 g/mol. The van der Waals surface area contributed by atoms with E-state index < -0.39 is 6.10 Å². The smallest absolute Gasteiger partial charge is 0.149 e. The molecule has 1 unspecified atom stereocenters. The second-order valence-corrected chi connectivity index (χ2v) is 0.939. The zero-order valence-corrected chi connectivity index (χ0v) is 4.52. The quantitative estimate of drug-likeness (QED) is 0.462. The van der Waals surface area contributed by atoms with Crippen molar-refractivity contribution in [3.8, 4) is 0 Å². The lowest BCUT2D eigenvalue weighted by Crippen LogP contribution is -2.20. The van der Waals surface area contributed by atoms with E-state index in [1.54, 1.807) is 0 Å². The molecule has 0 aliphatic rings. The predicted octanol–water partition coefficient (Wildman–Crippen LogP) is -1.07. The highest BCUT2D eigenvalue weighted by Crippen LogP contribution is 1.63. The highest BCUT2D eigenvalue weighted by atomic mass is 35.5. The SMILES string of the molecule is Cl.NCC(O)C=O. The minimum Gasteiger partial charge on any atom is -0.384 e. The van der Waals surface area contributed by atoms with Crippen molar-refractivity contribution in [1.29, 1.82) is 0 Å². The van der Waals surface area contributed by atoms with E-state index in [4.69, 9.17) is 10.8 Å². The van der Waals surface area contributed by atoms with Crippen LogP contribution in [0.4, 0.5) is 0 Å². The van der Waals surface area contributed by atoms with Gasteiger partial charge in [-0.1, -0.05) is 0 Å². The molecule has 7 heavy (non-hydrogen) atoms. The summed E-state index contributed by atoms with van der Waals surface area (Å²) in [5.41, 5.74) is 4.80. The Morgan fingerprint density at radius 1 is 1.86 bits per heavy atom. The summed E-state index contributed by atoms with van der Waals surface area (Å²) in [6.45, 7) is 0.0174. The summed E-state index contributed by atoms with van der Waals surface area (Å²) in [7, 11) is 0. The van der Waals surface area contributed by atoms with E-state index >= 15 is 0 Å². The van der Waals surface area contributed by atoms with Gasteiger partial charge in [0.25, 0.3) is 0 Å².